The first-order valence-corrected chi connectivity index (χ1v) is 18.2. The van der Waals surface area contributed by atoms with E-state index in [1.807, 2.05) is 19.9 Å². The lowest BCUT2D eigenvalue weighted by Crippen LogP contribution is -2.47. The van der Waals surface area contributed by atoms with Crippen LogP contribution < -0.4 is 20.5 Å². The zero-order chi connectivity index (χ0) is 31.9. The van der Waals surface area contributed by atoms with Crippen molar-refractivity contribution in [3.63, 3.8) is 0 Å². The van der Waals surface area contributed by atoms with E-state index in [2.05, 4.69) is 14.8 Å². The van der Waals surface area contributed by atoms with E-state index in [1.165, 1.54) is 9.13 Å². The number of amides is 1. The maximum absolute atomic E-state index is 14.4. The number of imidazole rings is 1. The van der Waals surface area contributed by atoms with Crippen LogP contribution in [-0.2, 0) is 26.6 Å². The third kappa shape index (κ3) is 8.17. The Balaban J connectivity index is 1.88. The highest BCUT2D eigenvalue weighted by Crippen LogP contribution is 2.31. The van der Waals surface area contributed by atoms with Crippen LogP contribution in [0.3, 0.4) is 0 Å². The summed E-state index contributed by atoms with van der Waals surface area (Å²) < 4.78 is 58.4. The molecule has 0 unspecified atom stereocenters. The van der Waals surface area contributed by atoms with Crippen molar-refractivity contribution in [2.75, 3.05) is 49.0 Å². The minimum absolute atomic E-state index is 0.0149. The van der Waals surface area contributed by atoms with Crippen LogP contribution in [0.4, 0.5) is 5.69 Å². The molecular weight excluding hydrogens is 605 g/mol. The molecule has 1 fully saturated rings. The fourth-order valence-corrected chi connectivity index (χ4v) is 7.88. The average Bonchev–Trinajstić information content (AvgIpc) is 3.26. The smallest absolute Gasteiger partial charge is 0.333 e. The first-order chi connectivity index (χ1) is 20.9. The number of carbonyl (C=O) groups excluding carboxylic acids is 1. The second kappa shape index (κ2) is 14.5. The van der Waals surface area contributed by atoms with Gasteiger partial charge in [0.1, 0.15) is 5.69 Å². The number of nitrogens with one attached hydrogen (secondary N) is 3. The molecule has 0 spiro atoms. The standard InChI is InChI=1S/C30H42N6O6S2/c1-4-21-43(39,40)33-25-13-8-9-14-26(25)36-27(24-11-6-5-7-12-24)28(29(37)34-19-16-31-17-20-34)35(30(36)38)18-10-15-32-44(41,42)22-23(2)3/h5-9,11-14,23,31-33H,4,10,15-22H2,1-3H3. The molecule has 2 heterocycles. The molecule has 3 N–H and O–H groups in total. The van der Waals surface area contributed by atoms with Crippen molar-refractivity contribution >= 4 is 31.6 Å². The Kier molecular flexibility index (Phi) is 11.1. The second-order valence-electron chi connectivity index (χ2n) is 11.2. The van der Waals surface area contributed by atoms with Crippen LogP contribution in [0.2, 0.25) is 0 Å². The lowest BCUT2D eigenvalue weighted by atomic mass is 10.1. The minimum atomic E-state index is -3.70. The molecule has 1 amide bonds. The molecule has 1 aliphatic heterocycles. The summed E-state index contributed by atoms with van der Waals surface area (Å²) in [5, 5.41) is 3.24. The molecule has 1 saturated heterocycles. The van der Waals surface area contributed by atoms with E-state index in [0.717, 1.165) is 0 Å². The van der Waals surface area contributed by atoms with Crippen LogP contribution in [0.5, 0.6) is 0 Å². The average molecular weight is 647 g/mol. The third-order valence-corrected chi connectivity index (χ3v) is 10.3. The summed E-state index contributed by atoms with van der Waals surface area (Å²) in [7, 11) is -7.20. The van der Waals surface area contributed by atoms with E-state index in [-0.39, 0.29) is 59.9 Å². The minimum Gasteiger partial charge on any atom is -0.335 e. The van der Waals surface area contributed by atoms with Gasteiger partial charge in [-0.2, -0.15) is 0 Å². The van der Waals surface area contributed by atoms with E-state index in [0.29, 0.717) is 43.9 Å². The van der Waals surface area contributed by atoms with Crippen LogP contribution in [0.25, 0.3) is 16.9 Å². The number of sulfonamides is 2. The number of hydrogen-bond acceptors (Lipinski definition) is 7. The first kappa shape index (κ1) is 33.4. The van der Waals surface area contributed by atoms with Crippen LogP contribution >= 0.6 is 0 Å². The first-order valence-electron chi connectivity index (χ1n) is 14.9. The van der Waals surface area contributed by atoms with Gasteiger partial charge >= 0.3 is 5.69 Å². The highest BCUT2D eigenvalue weighted by molar-refractivity contribution is 7.92. The molecular formula is C30H42N6O6S2. The molecule has 4 rings (SSSR count). The molecule has 14 heteroatoms. The van der Waals surface area contributed by atoms with Gasteiger partial charge in [-0.1, -0.05) is 63.2 Å². The third-order valence-electron chi connectivity index (χ3n) is 7.11. The Morgan fingerprint density at radius 3 is 2.27 bits per heavy atom. The molecule has 3 aromatic rings. The maximum Gasteiger partial charge on any atom is 0.333 e. The monoisotopic (exact) mass is 646 g/mol. The summed E-state index contributed by atoms with van der Waals surface area (Å²) in [6.07, 6.45) is 0.662. The number of benzene rings is 2. The molecule has 1 aromatic heterocycles. The van der Waals surface area contributed by atoms with Gasteiger partial charge in [-0.05, 0) is 30.9 Å². The number of hydrogen-bond donors (Lipinski definition) is 3. The summed E-state index contributed by atoms with van der Waals surface area (Å²) in [6.45, 7) is 7.67. The van der Waals surface area contributed by atoms with Crippen molar-refractivity contribution in [3.05, 3.63) is 70.8 Å². The molecule has 44 heavy (non-hydrogen) atoms. The summed E-state index contributed by atoms with van der Waals surface area (Å²) >= 11 is 0. The molecule has 0 radical (unpaired) electrons. The van der Waals surface area contributed by atoms with Gasteiger partial charge in [0, 0.05) is 44.8 Å². The quantitative estimate of drug-likeness (QED) is 0.228. The molecule has 1 aliphatic rings. The highest BCUT2D eigenvalue weighted by atomic mass is 32.2. The summed E-state index contributed by atoms with van der Waals surface area (Å²) in [6, 6.07) is 15.6. The Labute approximate surface area is 259 Å². The van der Waals surface area contributed by atoms with Gasteiger partial charge in [-0.3, -0.25) is 18.7 Å². The van der Waals surface area contributed by atoms with Gasteiger partial charge in [0.05, 0.1) is 28.6 Å². The fourth-order valence-electron chi connectivity index (χ4n) is 5.28. The summed E-state index contributed by atoms with van der Waals surface area (Å²) in [4.78, 5) is 30.3. The van der Waals surface area contributed by atoms with Crippen LogP contribution in [0.15, 0.2) is 59.4 Å². The maximum atomic E-state index is 14.4. The van der Waals surface area contributed by atoms with E-state index < -0.39 is 25.7 Å². The molecule has 0 bridgehead atoms. The van der Waals surface area contributed by atoms with Gasteiger partial charge < -0.3 is 10.2 Å². The van der Waals surface area contributed by atoms with Gasteiger partial charge in [0.25, 0.3) is 5.91 Å². The van der Waals surface area contributed by atoms with Crippen molar-refractivity contribution in [2.45, 2.75) is 40.2 Å². The molecule has 240 valence electrons. The Morgan fingerprint density at radius 1 is 0.955 bits per heavy atom. The van der Waals surface area contributed by atoms with Crippen LogP contribution in [0.1, 0.15) is 44.1 Å². The summed E-state index contributed by atoms with van der Waals surface area (Å²) in [5.74, 6) is -0.484. The number of aromatic nitrogens is 2. The van der Waals surface area contributed by atoms with Crippen LogP contribution in [-0.4, -0.2) is 81.0 Å². The topological polar surface area (TPSA) is 152 Å². The van der Waals surface area contributed by atoms with E-state index in [4.69, 9.17) is 0 Å². The van der Waals surface area contributed by atoms with Gasteiger partial charge in [-0.15, -0.1) is 0 Å². The number of anilines is 1. The molecule has 0 aliphatic carbocycles. The van der Waals surface area contributed by atoms with Crippen LogP contribution in [0, 0.1) is 5.92 Å². The number of rotatable bonds is 14. The SMILES string of the molecule is CCCS(=O)(=O)Nc1ccccc1-n1c(-c2ccccc2)c(C(=O)N2CCNCC2)n(CCCNS(=O)(=O)CC(C)C)c1=O. The number of carbonyl (C=O) groups is 1. The van der Waals surface area contributed by atoms with Crippen molar-refractivity contribution in [3.8, 4) is 16.9 Å². The van der Waals surface area contributed by atoms with Gasteiger partial charge in [0.15, 0.2) is 0 Å². The lowest BCUT2D eigenvalue weighted by Gasteiger charge is -2.28. The van der Waals surface area contributed by atoms with Crippen molar-refractivity contribution in [1.29, 1.82) is 0 Å². The van der Waals surface area contributed by atoms with Crippen molar-refractivity contribution in [1.82, 2.24) is 24.1 Å². The number of nitrogens with zero attached hydrogens (tertiary/aromatic N) is 3. The second-order valence-corrected chi connectivity index (χ2v) is 14.9. The molecule has 0 atom stereocenters. The number of para-hydroxylation sites is 2. The van der Waals surface area contributed by atoms with Gasteiger partial charge in [0.2, 0.25) is 20.0 Å². The number of piperazine rings is 1. The van der Waals surface area contributed by atoms with E-state index in [1.54, 1.807) is 60.4 Å². The molecule has 12 nitrogen and oxygen atoms in total. The Bertz CT molecular complexity index is 1710. The fraction of sp³-hybridized carbons (Fsp3) is 0.467. The highest BCUT2D eigenvalue weighted by Gasteiger charge is 2.31. The Morgan fingerprint density at radius 2 is 1.61 bits per heavy atom. The Hall–Kier alpha value is -3.46. The van der Waals surface area contributed by atoms with Crippen molar-refractivity contribution < 1.29 is 21.6 Å². The summed E-state index contributed by atoms with van der Waals surface area (Å²) in [5.41, 5.74) is 1.06. The lowest BCUT2D eigenvalue weighted by molar-refractivity contribution is 0.0725. The van der Waals surface area contributed by atoms with E-state index in [9.17, 15) is 26.4 Å². The normalized spacial score (nSPS) is 14.2. The zero-order valence-electron chi connectivity index (χ0n) is 25.5. The predicted molar refractivity (Wildman–Crippen MR) is 173 cm³/mol. The van der Waals surface area contributed by atoms with E-state index >= 15 is 0 Å². The molecule has 0 saturated carbocycles. The van der Waals surface area contributed by atoms with Gasteiger partial charge in [-0.25, -0.2) is 26.4 Å². The zero-order valence-corrected chi connectivity index (χ0v) is 27.1. The predicted octanol–water partition coefficient (Wildman–Crippen LogP) is 2.47. The molecule has 2 aromatic carbocycles. The van der Waals surface area contributed by atoms with Crippen molar-refractivity contribution in [2.24, 2.45) is 5.92 Å². The largest absolute Gasteiger partial charge is 0.335 e.